The van der Waals surface area contributed by atoms with Crippen LogP contribution in [0, 0.1) is 0 Å². The highest BCUT2D eigenvalue weighted by atomic mass is 32.1. The van der Waals surface area contributed by atoms with Gasteiger partial charge in [0.2, 0.25) is 5.91 Å². The Morgan fingerprint density at radius 3 is 2.53 bits per heavy atom. The molecule has 1 rings (SSSR count). The summed E-state index contributed by atoms with van der Waals surface area (Å²) in [6.07, 6.45) is 0. The zero-order chi connectivity index (χ0) is 14.6. The summed E-state index contributed by atoms with van der Waals surface area (Å²) in [4.78, 5) is 31.0. The van der Waals surface area contributed by atoms with E-state index in [2.05, 4.69) is 4.98 Å². The molecule has 7 heteroatoms. The van der Waals surface area contributed by atoms with Gasteiger partial charge in [0.25, 0.3) is 5.91 Å². The molecule has 106 valence electrons. The van der Waals surface area contributed by atoms with Crippen molar-refractivity contribution in [1.82, 2.24) is 14.8 Å². The first kappa shape index (κ1) is 15.6. The topological polar surface area (TPSA) is 79.5 Å². The SMILES string of the molecule is CCN(CC(=O)N(C)C)C(=O)c1csc(C(C)N)n1. The fourth-order valence-corrected chi connectivity index (χ4v) is 2.14. The minimum atomic E-state index is -0.235. The molecule has 2 N–H and O–H groups in total. The molecule has 1 unspecified atom stereocenters. The highest BCUT2D eigenvalue weighted by Crippen LogP contribution is 2.17. The summed E-state index contributed by atoms with van der Waals surface area (Å²) in [6.45, 7) is 4.18. The van der Waals surface area contributed by atoms with E-state index >= 15 is 0 Å². The van der Waals surface area contributed by atoms with Crippen molar-refractivity contribution in [2.24, 2.45) is 5.73 Å². The number of hydrogen-bond donors (Lipinski definition) is 1. The number of nitrogens with two attached hydrogens (primary N) is 1. The van der Waals surface area contributed by atoms with E-state index in [0.29, 0.717) is 12.2 Å². The second-order valence-corrected chi connectivity index (χ2v) is 5.36. The summed E-state index contributed by atoms with van der Waals surface area (Å²) in [7, 11) is 3.33. The van der Waals surface area contributed by atoms with Crippen molar-refractivity contribution in [3.8, 4) is 0 Å². The van der Waals surface area contributed by atoms with Crippen molar-refractivity contribution in [3.63, 3.8) is 0 Å². The summed E-state index contributed by atoms with van der Waals surface area (Å²) >= 11 is 1.36. The zero-order valence-electron chi connectivity index (χ0n) is 11.7. The first-order chi connectivity index (χ1) is 8.86. The van der Waals surface area contributed by atoms with E-state index in [9.17, 15) is 9.59 Å². The fourth-order valence-electron chi connectivity index (χ4n) is 1.39. The summed E-state index contributed by atoms with van der Waals surface area (Å²) < 4.78 is 0. The first-order valence-electron chi connectivity index (χ1n) is 6.07. The van der Waals surface area contributed by atoms with Gasteiger partial charge in [0.05, 0.1) is 6.04 Å². The first-order valence-corrected chi connectivity index (χ1v) is 6.95. The van der Waals surface area contributed by atoms with E-state index in [4.69, 9.17) is 5.73 Å². The maximum absolute atomic E-state index is 12.2. The molecule has 0 bridgehead atoms. The molecule has 0 aromatic carbocycles. The number of thiazole rings is 1. The average Bonchev–Trinajstić information content (AvgIpc) is 2.84. The van der Waals surface area contributed by atoms with E-state index in [1.54, 1.807) is 19.5 Å². The van der Waals surface area contributed by atoms with Gasteiger partial charge in [-0.1, -0.05) is 0 Å². The van der Waals surface area contributed by atoms with Crippen molar-refractivity contribution in [2.45, 2.75) is 19.9 Å². The van der Waals surface area contributed by atoms with Crippen LogP contribution in [0.2, 0.25) is 0 Å². The highest BCUT2D eigenvalue weighted by molar-refractivity contribution is 7.09. The van der Waals surface area contributed by atoms with Crippen LogP contribution < -0.4 is 5.73 Å². The molecular weight excluding hydrogens is 264 g/mol. The van der Waals surface area contributed by atoms with Crippen molar-refractivity contribution in [2.75, 3.05) is 27.2 Å². The summed E-state index contributed by atoms with van der Waals surface area (Å²) in [5.41, 5.74) is 6.07. The van der Waals surface area contributed by atoms with E-state index in [1.165, 1.54) is 21.1 Å². The van der Waals surface area contributed by atoms with Crippen LogP contribution >= 0.6 is 11.3 Å². The lowest BCUT2D eigenvalue weighted by atomic mass is 10.3. The van der Waals surface area contributed by atoms with Gasteiger partial charge in [-0.3, -0.25) is 9.59 Å². The van der Waals surface area contributed by atoms with Gasteiger partial charge >= 0.3 is 0 Å². The Hall–Kier alpha value is -1.47. The molecule has 1 aromatic heterocycles. The van der Waals surface area contributed by atoms with E-state index < -0.39 is 0 Å². The number of carbonyl (C=O) groups excluding carboxylic acids is 2. The van der Waals surface area contributed by atoms with Crippen LogP contribution in [0.25, 0.3) is 0 Å². The summed E-state index contributed by atoms with van der Waals surface area (Å²) in [5, 5.41) is 2.41. The molecule has 1 aromatic rings. The highest BCUT2D eigenvalue weighted by Gasteiger charge is 2.21. The number of nitrogens with zero attached hydrogens (tertiary/aromatic N) is 3. The lowest BCUT2D eigenvalue weighted by Crippen LogP contribution is -2.40. The summed E-state index contributed by atoms with van der Waals surface area (Å²) in [5.74, 6) is -0.348. The van der Waals surface area contributed by atoms with Gasteiger partial charge in [0, 0.05) is 26.0 Å². The Morgan fingerprint density at radius 1 is 1.47 bits per heavy atom. The van der Waals surface area contributed by atoms with Crippen LogP contribution in [0.4, 0.5) is 0 Å². The molecule has 0 aliphatic carbocycles. The molecule has 2 amide bonds. The molecule has 0 saturated carbocycles. The molecule has 0 fully saturated rings. The van der Waals surface area contributed by atoms with Crippen LogP contribution in [0.3, 0.4) is 0 Å². The number of carbonyl (C=O) groups is 2. The fraction of sp³-hybridized carbons (Fsp3) is 0.583. The standard InChI is InChI=1S/C12H20N4O2S/c1-5-16(6-10(17)15(3)4)12(18)9-7-19-11(14-9)8(2)13/h7-8H,5-6,13H2,1-4H3. The number of amides is 2. The number of rotatable bonds is 5. The average molecular weight is 284 g/mol. The maximum Gasteiger partial charge on any atom is 0.273 e. The number of aromatic nitrogens is 1. The Labute approximate surface area is 117 Å². The number of likely N-dealkylation sites (N-methyl/N-ethyl adjacent to an activating group) is 2. The Bertz CT molecular complexity index is 456. The minimum Gasteiger partial charge on any atom is -0.347 e. The van der Waals surface area contributed by atoms with E-state index in [-0.39, 0.29) is 24.4 Å². The van der Waals surface area contributed by atoms with E-state index in [0.717, 1.165) is 5.01 Å². The number of hydrogen-bond acceptors (Lipinski definition) is 5. The third-order valence-corrected chi connectivity index (χ3v) is 3.67. The monoisotopic (exact) mass is 284 g/mol. The van der Waals surface area contributed by atoms with Gasteiger partial charge in [0.1, 0.15) is 17.2 Å². The Morgan fingerprint density at radius 2 is 2.11 bits per heavy atom. The molecule has 0 radical (unpaired) electrons. The van der Waals surface area contributed by atoms with Gasteiger partial charge in [-0.15, -0.1) is 11.3 Å². The molecule has 0 aliphatic rings. The molecule has 1 heterocycles. The van der Waals surface area contributed by atoms with Gasteiger partial charge in [-0.05, 0) is 13.8 Å². The maximum atomic E-state index is 12.2. The lowest BCUT2D eigenvalue weighted by Gasteiger charge is -2.21. The third-order valence-electron chi connectivity index (χ3n) is 2.62. The van der Waals surface area contributed by atoms with Crippen LogP contribution in [-0.2, 0) is 4.79 Å². The molecule has 19 heavy (non-hydrogen) atoms. The van der Waals surface area contributed by atoms with Crippen LogP contribution in [0.5, 0.6) is 0 Å². The van der Waals surface area contributed by atoms with Gasteiger partial charge in [0.15, 0.2) is 0 Å². The second kappa shape index (κ2) is 6.63. The predicted molar refractivity (Wildman–Crippen MR) is 75.0 cm³/mol. The van der Waals surface area contributed by atoms with Gasteiger partial charge in [-0.2, -0.15) is 0 Å². The predicted octanol–water partition coefficient (Wildman–Crippen LogP) is 0.713. The van der Waals surface area contributed by atoms with Crippen molar-refractivity contribution in [1.29, 1.82) is 0 Å². The van der Waals surface area contributed by atoms with Crippen molar-refractivity contribution >= 4 is 23.2 Å². The van der Waals surface area contributed by atoms with Crippen LogP contribution in [-0.4, -0.2) is 53.8 Å². The van der Waals surface area contributed by atoms with E-state index in [1.807, 2.05) is 13.8 Å². The normalized spacial score (nSPS) is 12.1. The molecule has 0 aliphatic heterocycles. The van der Waals surface area contributed by atoms with Crippen molar-refractivity contribution in [3.05, 3.63) is 16.1 Å². The largest absolute Gasteiger partial charge is 0.347 e. The lowest BCUT2D eigenvalue weighted by molar-refractivity contribution is -0.129. The molecule has 1 atom stereocenters. The molecule has 0 spiro atoms. The minimum absolute atomic E-state index is 0.0629. The quantitative estimate of drug-likeness (QED) is 0.863. The Balaban J connectivity index is 2.80. The summed E-state index contributed by atoms with van der Waals surface area (Å²) in [6, 6.07) is -0.190. The van der Waals surface area contributed by atoms with Crippen LogP contribution in [0.1, 0.15) is 35.4 Å². The third kappa shape index (κ3) is 4.00. The van der Waals surface area contributed by atoms with Gasteiger partial charge in [-0.25, -0.2) is 4.98 Å². The zero-order valence-corrected chi connectivity index (χ0v) is 12.5. The molecule has 6 nitrogen and oxygen atoms in total. The molecule has 0 saturated heterocycles. The smallest absolute Gasteiger partial charge is 0.273 e. The second-order valence-electron chi connectivity index (χ2n) is 4.47. The van der Waals surface area contributed by atoms with Crippen molar-refractivity contribution < 1.29 is 9.59 Å². The van der Waals surface area contributed by atoms with Gasteiger partial charge < -0.3 is 15.5 Å². The Kier molecular flexibility index (Phi) is 5.44. The van der Waals surface area contributed by atoms with Crippen LogP contribution in [0.15, 0.2) is 5.38 Å². The molecular formula is C12H20N4O2S.